The molecule has 0 bridgehead atoms. The van der Waals surface area contributed by atoms with E-state index in [4.69, 9.17) is 5.11 Å². The fourth-order valence-electron chi connectivity index (χ4n) is 4.93. The van der Waals surface area contributed by atoms with Gasteiger partial charge in [0.2, 0.25) is 0 Å². The van der Waals surface area contributed by atoms with Crippen LogP contribution in [0.1, 0.15) is 94.7 Å². The maximum atomic E-state index is 13.9. The number of rotatable bonds is 9. The number of carbonyl (C=O) groups is 5. The molecule has 1 aliphatic heterocycles. The van der Waals surface area contributed by atoms with Crippen LogP contribution in [0.25, 0.3) is 0 Å². The summed E-state index contributed by atoms with van der Waals surface area (Å²) in [5.41, 5.74) is 4.36. The highest BCUT2D eigenvalue weighted by atomic mass is 16.4. The Labute approximate surface area is 250 Å². The number of carboxylic acid groups (broad SMARTS) is 1. The summed E-state index contributed by atoms with van der Waals surface area (Å²) in [5.74, 6) is -2.49. The number of aliphatic carboxylic acids is 1. The van der Waals surface area contributed by atoms with Crippen LogP contribution in [0.2, 0.25) is 0 Å². The van der Waals surface area contributed by atoms with Gasteiger partial charge >= 0.3 is 12.0 Å². The SMILES string of the molecule is CC(C)c1c(NC(=O)N(Cc2ccc(C(=O)NCCC(=O)O)cc2)c2ccc(C(C)(C)C)cc2)ccc2c1C(=O)NC2=O. The highest BCUT2D eigenvalue weighted by Gasteiger charge is 2.32. The normalized spacial score (nSPS) is 12.5. The van der Waals surface area contributed by atoms with E-state index in [0.29, 0.717) is 22.5 Å². The number of benzene rings is 3. The summed E-state index contributed by atoms with van der Waals surface area (Å²) < 4.78 is 0. The Morgan fingerprint density at radius 1 is 0.907 bits per heavy atom. The van der Waals surface area contributed by atoms with Gasteiger partial charge in [0.25, 0.3) is 17.7 Å². The minimum Gasteiger partial charge on any atom is -0.481 e. The van der Waals surface area contributed by atoms with Crippen molar-refractivity contribution >= 4 is 41.1 Å². The number of hydrogen-bond donors (Lipinski definition) is 4. The molecule has 5 amide bonds. The zero-order valence-electron chi connectivity index (χ0n) is 24.9. The lowest BCUT2D eigenvalue weighted by Gasteiger charge is -2.26. The number of nitrogens with one attached hydrogen (secondary N) is 3. The van der Waals surface area contributed by atoms with Gasteiger partial charge in [0, 0.05) is 23.5 Å². The molecule has 224 valence electrons. The van der Waals surface area contributed by atoms with Gasteiger partial charge in [-0.1, -0.05) is 58.9 Å². The Morgan fingerprint density at radius 3 is 2.14 bits per heavy atom. The molecule has 0 saturated carbocycles. The van der Waals surface area contributed by atoms with E-state index in [1.807, 2.05) is 38.1 Å². The van der Waals surface area contributed by atoms with Crippen molar-refractivity contribution in [2.24, 2.45) is 0 Å². The third-order valence-electron chi connectivity index (χ3n) is 7.23. The number of urea groups is 1. The maximum absolute atomic E-state index is 13.9. The van der Waals surface area contributed by atoms with Crippen molar-refractivity contribution in [2.45, 2.75) is 58.9 Å². The topological polar surface area (TPSA) is 145 Å². The van der Waals surface area contributed by atoms with Crippen LogP contribution in [0.15, 0.2) is 60.7 Å². The fraction of sp³-hybridized carbons (Fsp3) is 0.303. The maximum Gasteiger partial charge on any atom is 0.326 e. The van der Waals surface area contributed by atoms with Gasteiger partial charge in [-0.15, -0.1) is 0 Å². The van der Waals surface area contributed by atoms with Crippen molar-refractivity contribution in [1.82, 2.24) is 10.6 Å². The van der Waals surface area contributed by atoms with E-state index in [0.717, 1.165) is 11.1 Å². The van der Waals surface area contributed by atoms with E-state index in [2.05, 4.69) is 36.7 Å². The van der Waals surface area contributed by atoms with Gasteiger partial charge in [-0.25, -0.2) is 4.79 Å². The van der Waals surface area contributed by atoms with Crippen LogP contribution in [0.5, 0.6) is 0 Å². The molecular formula is C33H36N4O6. The van der Waals surface area contributed by atoms with Gasteiger partial charge in [-0.3, -0.25) is 29.4 Å². The molecule has 3 aromatic carbocycles. The largest absolute Gasteiger partial charge is 0.481 e. The van der Waals surface area contributed by atoms with Gasteiger partial charge < -0.3 is 15.7 Å². The van der Waals surface area contributed by atoms with Crippen molar-refractivity contribution in [3.63, 3.8) is 0 Å². The minimum absolute atomic E-state index is 0.0192. The van der Waals surface area contributed by atoms with Crippen LogP contribution in [-0.4, -0.2) is 41.4 Å². The first-order chi connectivity index (χ1) is 20.3. The van der Waals surface area contributed by atoms with E-state index < -0.39 is 23.8 Å². The molecule has 0 aliphatic carbocycles. The second-order valence-electron chi connectivity index (χ2n) is 11.8. The van der Waals surface area contributed by atoms with Crippen molar-refractivity contribution in [2.75, 3.05) is 16.8 Å². The molecule has 0 unspecified atom stereocenters. The van der Waals surface area contributed by atoms with Crippen molar-refractivity contribution in [1.29, 1.82) is 0 Å². The van der Waals surface area contributed by atoms with Gasteiger partial charge in [0.1, 0.15) is 0 Å². The van der Waals surface area contributed by atoms with E-state index in [-0.39, 0.29) is 47.9 Å². The number of nitrogens with zero attached hydrogens (tertiary/aromatic N) is 1. The molecule has 0 saturated heterocycles. The summed E-state index contributed by atoms with van der Waals surface area (Å²) >= 11 is 0. The second kappa shape index (κ2) is 12.5. The number of fused-ring (bicyclic) bond motifs is 1. The van der Waals surface area contributed by atoms with E-state index in [1.165, 1.54) is 0 Å². The van der Waals surface area contributed by atoms with Crippen molar-refractivity contribution < 1.29 is 29.1 Å². The minimum atomic E-state index is -0.998. The van der Waals surface area contributed by atoms with Crippen molar-refractivity contribution in [3.8, 4) is 0 Å². The molecule has 4 N–H and O–H groups in total. The predicted molar refractivity (Wildman–Crippen MR) is 164 cm³/mol. The first-order valence-corrected chi connectivity index (χ1v) is 14.1. The molecule has 1 aliphatic rings. The smallest absolute Gasteiger partial charge is 0.326 e. The van der Waals surface area contributed by atoms with E-state index >= 15 is 0 Å². The lowest BCUT2D eigenvalue weighted by atomic mass is 9.87. The third-order valence-corrected chi connectivity index (χ3v) is 7.23. The molecule has 1 heterocycles. The molecule has 0 atom stereocenters. The molecule has 0 aromatic heterocycles. The number of hydrogen-bond acceptors (Lipinski definition) is 5. The zero-order chi connectivity index (χ0) is 31.5. The molecule has 0 spiro atoms. The van der Waals surface area contributed by atoms with Gasteiger partial charge in [0.15, 0.2) is 0 Å². The highest BCUT2D eigenvalue weighted by molar-refractivity contribution is 6.23. The molecule has 43 heavy (non-hydrogen) atoms. The number of amides is 5. The predicted octanol–water partition coefficient (Wildman–Crippen LogP) is 5.43. The zero-order valence-corrected chi connectivity index (χ0v) is 24.9. The summed E-state index contributed by atoms with van der Waals surface area (Å²) in [4.78, 5) is 63.4. The number of anilines is 2. The Kier molecular flexibility index (Phi) is 8.99. The van der Waals surface area contributed by atoms with Crippen LogP contribution in [0.3, 0.4) is 0 Å². The quantitative estimate of drug-likeness (QED) is 0.247. The van der Waals surface area contributed by atoms with Gasteiger partial charge in [-0.2, -0.15) is 0 Å². The summed E-state index contributed by atoms with van der Waals surface area (Å²) in [5, 5.41) is 16.7. The standard InChI is InChI=1S/C33H36N4O6/c1-19(2)27-25(15-14-24-28(27)31(42)36-30(24)41)35-32(43)37(23-12-10-22(11-13-23)33(3,4)5)18-20-6-8-21(9-7-20)29(40)34-17-16-26(38)39/h6-15,19H,16-18H2,1-5H3,(H,34,40)(H,35,43)(H,38,39)(H,36,41,42). The molecule has 10 nitrogen and oxygen atoms in total. The third kappa shape index (κ3) is 7.09. The average molecular weight is 585 g/mol. The van der Waals surface area contributed by atoms with Gasteiger partial charge in [0.05, 0.1) is 24.1 Å². The Bertz CT molecular complexity index is 1570. The van der Waals surface area contributed by atoms with Crippen molar-refractivity contribution in [3.05, 3.63) is 94.0 Å². The molecule has 3 aromatic rings. The Morgan fingerprint density at radius 2 is 1.56 bits per heavy atom. The number of imide groups is 1. The number of carbonyl (C=O) groups excluding carboxylic acids is 4. The number of carboxylic acids is 1. The first-order valence-electron chi connectivity index (χ1n) is 14.1. The summed E-state index contributed by atoms with van der Waals surface area (Å²) in [7, 11) is 0. The average Bonchev–Trinajstić information content (AvgIpc) is 3.23. The second-order valence-corrected chi connectivity index (χ2v) is 11.8. The summed E-state index contributed by atoms with van der Waals surface area (Å²) in [6.45, 7) is 10.3. The van der Waals surface area contributed by atoms with E-state index in [9.17, 15) is 24.0 Å². The van der Waals surface area contributed by atoms with Crippen LogP contribution >= 0.6 is 0 Å². The molecule has 4 rings (SSSR count). The van der Waals surface area contributed by atoms with Crippen LogP contribution in [-0.2, 0) is 16.8 Å². The van der Waals surface area contributed by atoms with Crippen LogP contribution in [0.4, 0.5) is 16.2 Å². The molecular weight excluding hydrogens is 548 g/mol. The lowest BCUT2D eigenvalue weighted by molar-refractivity contribution is -0.136. The monoisotopic (exact) mass is 584 g/mol. The Balaban J connectivity index is 1.64. The Hall–Kier alpha value is -4.99. The van der Waals surface area contributed by atoms with Crippen LogP contribution in [0, 0.1) is 0 Å². The lowest BCUT2D eigenvalue weighted by Crippen LogP contribution is -2.35. The fourth-order valence-corrected chi connectivity index (χ4v) is 4.93. The summed E-state index contributed by atoms with van der Waals surface area (Å²) in [6.07, 6.45) is -0.175. The molecule has 0 fully saturated rings. The summed E-state index contributed by atoms with van der Waals surface area (Å²) in [6, 6.07) is 17.2. The highest BCUT2D eigenvalue weighted by Crippen LogP contribution is 2.34. The molecule has 0 radical (unpaired) electrons. The molecule has 10 heteroatoms. The van der Waals surface area contributed by atoms with E-state index in [1.54, 1.807) is 41.3 Å². The van der Waals surface area contributed by atoms with Gasteiger partial charge in [-0.05, 0) is 64.4 Å². The first kappa shape index (κ1) is 31.0. The van der Waals surface area contributed by atoms with Crippen LogP contribution < -0.4 is 20.9 Å².